The first-order valence-electron chi connectivity index (χ1n) is 15.0. The molecule has 0 aliphatic heterocycles. The van der Waals surface area contributed by atoms with Crippen LogP contribution in [0.5, 0.6) is 0 Å². The third-order valence-corrected chi connectivity index (χ3v) is 9.01. The van der Waals surface area contributed by atoms with Gasteiger partial charge in [0.25, 0.3) is 0 Å². The molecule has 3 rings (SSSR count). The van der Waals surface area contributed by atoms with Crippen LogP contribution in [0.3, 0.4) is 0 Å². The van der Waals surface area contributed by atoms with E-state index in [4.69, 9.17) is 4.74 Å². The van der Waals surface area contributed by atoms with Crippen molar-refractivity contribution in [3.8, 4) is 0 Å². The largest absolute Gasteiger partial charge is 0.462 e. The van der Waals surface area contributed by atoms with Crippen molar-refractivity contribution >= 4 is 5.97 Å². The highest BCUT2D eigenvalue weighted by molar-refractivity contribution is 5.70. The minimum atomic E-state index is 0.152. The molecule has 2 nitrogen and oxygen atoms in total. The SMILES string of the molecule is O=C(CC(C1CCCCCCCC1)C1CCCCCCCC1)OC1CCCCCCCC1. The van der Waals surface area contributed by atoms with Gasteiger partial charge in [-0.25, -0.2) is 0 Å². The number of ether oxygens (including phenoxy) is 1. The van der Waals surface area contributed by atoms with Crippen LogP contribution in [0, 0.1) is 17.8 Å². The smallest absolute Gasteiger partial charge is 0.306 e. The van der Waals surface area contributed by atoms with Crippen molar-refractivity contribution in [1.29, 1.82) is 0 Å². The number of esters is 1. The van der Waals surface area contributed by atoms with Crippen LogP contribution in [0.1, 0.15) is 161 Å². The van der Waals surface area contributed by atoms with Crippen LogP contribution in [0.2, 0.25) is 0 Å². The molecule has 0 N–H and O–H groups in total. The summed E-state index contributed by atoms with van der Waals surface area (Å²) in [6.45, 7) is 0. The maximum Gasteiger partial charge on any atom is 0.306 e. The van der Waals surface area contributed by atoms with Gasteiger partial charge in [-0.2, -0.15) is 0 Å². The molecule has 0 heterocycles. The summed E-state index contributed by atoms with van der Waals surface area (Å²) in [5, 5.41) is 0. The standard InChI is InChI=1S/C30H54O2/c31-30(32-28-23-17-11-5-6-12-18-24-28)25-29(26-19-13-7-1-2-8-14-20-26)27-21-15-9-3-4-10-16-22-27/h26-29H,1-25H2. The zero-order chi connectivity index (χ0) is 22.3. The second-order valence-corrected chi connectivity index (χ2v) is 11.6. The summed E-state index contributed by atoms with van der Waals surface area (Å²) in [6, 6.07) is 0. The first-order valence-corrected chi connectivity index (χ1v) is 15.0. The molecule has 0 unspecified atom stereocenters. The molecule has 3 fully saturated rings. The Balaban J connectivity index is 1.64. The van der Waals surface area contributed by atoms with Crippen molar-refractivity contribution in [2.45, 2.75) is 167 Å². The lowest BCUT2D eigenvalue weighted by Gasteiger charge is -2.34. The number of rotatable bonds is 5. The summed E-state index contributed by atoms with van der Waals surface area (Å²) >= 11 is 0. The fraction of sp³-hybridized carbons (Fsp3) is 0.967. The lowest BCUT2D eigenvalue weighted by atomic mass is 9.72. The molecule has 0 aromatic carbocycles. The Bertz CT molecular complexity index is 433. The Morgan fingerprint density at radius 2 is 0.812 bits per heavy atom. The molecule has 0 saturated heterocycles. The van der Waals surface area contributed by atoms with Crippen LogP contribution in [-0.2, 0) is 9.53 Å². The normalized spacial score (nSPS) is 25.2. The first kappa shape index (κ1) is 26.1. The maximum absolute atomic E-state index is 13.3. The molecule has 2 heteroatoms. The van der Waals surface area contributed by atoms with E-state index >= 15 is 0 Å². The average molecular weight is 447 g/mol. The molecule has 0 atom stereocenters. The fourth-order valence-electron chi connectivity index (χ4n) is 7.04. The van der Waals surface area contributed by atoms with Crippen molar-refractivity contribution in [2.75, 3.05) is 0 Å². The molecule has 0 amide bonds. The maximum atomic E-state index is 13.3. The van der Waals surface area contributed by atoms with Crippen molar-refractivity contribution in [2.24, 2.45) is 17.8 Å². The van der Waals surface area contributed by atoms with Gasteiger partial charge in [0.2, 0.25) is 0 Å². The van der Waals surface area contributed by atoms with E-state index in [1.165, 1.54) is 141 Å². The summed E-state index contributed by atoms with van der Waals surface area (Å²) in [5.41, 5.74) is 0. The van der Waals surface area contributed by atoms with Gasteiger partial charge in [-0.05, 0) is 43.4 Å². The summed E-state index contributed by atoms with van der Waals surface area (Å²) in [4.78, 5) is 13.3. The van der Waals surface area contributed by atoms with Crippen LogP contribution in [0.15, 0.2) is 0 Å². The van der Waals surface area contributed by atoms with Gasteiger partial charge in [0.15, 0.2) is 0 Å². The highest BCUT2D eigenvalue weighted by Crippen LogP contribution is 2.40. The molecule has 3 saturated carbocycles. The zero-order valence-corrected chi connectivity index (χ0v) is 21.3. The molecule has 0 radical (unpaired) electrons. The van der Waals surface area contributed by atoms with Crippen molar-refractivity contribution in [3.63, 3.8) is 0 Å². The molecule has 3 aliphatic carbocycles. The Morgan fingerprint density at radius 1 is 0.500 bits per heavy atom. The number of carbonyl (C=O) groups is 1. The summed E-state index contributed by atoms with van der Waals surface area (Å²) in [6.07, 6.45) is 33.2. The van der Waals surface area contributed by atoms with E-state index < -0.39 is 0 Å². The molecular weight excluding hydrogens is 392 g/mol. The Labute approximate surface area is 200 Å². The van der Waals surface area contributed by atoms with Gasteiger partial charge in [0.05, 0.1) is 0 Å². The summed E-state index contributed by atoms with van der Waals surface area (Å²) in [5.74, 6) is 2.24. The molecule has 0 aromatic heterocycles. The van der Waals surface area contributed by atoms with Gasteiger partial charge < -0.3 is 4.74 Å². The van der Waals surface area contributed by atoms with E-state index in [2.05, 4.69) is 0 Å². The van der Waals surface area contributed by atoms with Gasteiger partial charge in [-0.1, -0.05) is 128 Å². The van der Waals surface area contributed by atoms with E-state index in [-0.39, 0.29) is 12.1 Å². The topological polar surface area (TPSA) is 26.3 Å². The lowest BCUT2D eigenvalue weighted by Crippen LogP contribution is -2.29. The van der Waals surface area contributed by atoms with Crippen molar-refractivity contribution in [1.82, 2.24) is 0 Å². The number of hydrogen-bond acceptors (Lipinski definition) is 2. The Morgan fingerprint density at radius 3 is 1.19 bits per heavy atom. The van der Waals surface area contributed by atoms with E-state index in [1.54, 1.807) is 0 Å². The molecule has 32 heavy (non-hydrogen) atoms. The molecule has 0 aromatic rings. The second kappa shape index (κ2) is 16.2. The van der Waals surface area contributed by atoms with Crippen LogP contribution < -0.4 is 0 Å². The second-order valence-electron chi connectivity index (χ2n) is 11.6. The predicted molar refractivity (Wildman–Crippen MR) is 136 cm³/mol. The zero-order valence-electron chi connectivity index (χ0n) is 21.3. The van der Waals surface area contributed by atoms with E-state index in [0.29, 0.717) is 12.3 Å². The molecular formula is C30H54O2. The minimum absolute atomic E-state index is 0.152. The van der Waals surface area contributed by atoms with Gasteiger partial charge in [0, 0.05) is 6.42 Å². The van der Waals surface area contributed by atoms with Gasteiger partial charge in [0.1, 0.15) is 6.10 Å². The highest BCUT2D eigenvalue weighted by atomic mass is 16.5. The molecule has 186 valence electrons. The lowest BCUT2D eigenvalue weighted by molar-refractivity contribution is -0.152. The van der Waals surface area contributed by atoms with Crippen LogP contribution in [0.4, 0.5) is 0 Å². The number of carbonyl (C=O) groups excluding carboxylic acids is 1. The van der Waals surface area contributed by atoms with Crippen molar-refractivity contribution < 1.29 is 9.53 Å². The molecule has 3 aliphatic rings. The van der Waals surface area contributed by atoms with Crippen LogP contribution in [0.25, 0.3) is 0 Å². The van der Waals surface area contributed by atoms with E-state index in [0.717, 1.165) is 24.7 Å². The average Bonchev–Trinajstić information content (AvgIpc) is 3.08. The van der Waals surface area contributed by atoms with Gasteiger partial charge >= 0.3 is 5.97 Å². The summed E-state index contributed by atoms with van der Waals surface area (Å²) in [7, 11) is 0. The van der Waals surface area contributed by atoms with E-state index in [9.17, 15) is 4.79 Å². The highest BCUT2D eigenvalue weighted by Gasteiger charge is 2.32. The molecule has 0 spiro atoms. The van der Waals surface area contributed by atoms with Gasteiger partial charge in [-0.3, -0.25) is 4.79 Å². The molecule has 0 bridgehead atoms. The van der Waals surface area contributed by atoms with E-state index in [1.807, 2.05) is 0 Å². The van der Waals surface area contributed by atoms with Gasteiger partial charge in [-0.15, -0.1) is 0 Å². The minimum Gasteiger partial charge on any atom is -0.462 e. The van der Waals surface area contributed by atoms with Crippen molar-refractivity contribution in [3.05, 3.63) is 0 Å². The third-order valence-electron chi connectivity index (χ3n) is 9.01. The quantitative estimate of drug-likeness (QED) is 0.393. The Hall–Kier alpha value is -0.530. The predicted octanol–water partition coefficient (Wildman–Crippen LogP) is 9.54. The third kappa shape index (κ3) is 10.2. The summed E-state index contributed by atoms with van der Waals surface area (Å²) < 4.78 is 6.22. The van der Waals surface area contributed by atoms with Crippen LogP contribution >= 0.6 is 0 Å². The first-order chi connectivity index (χ1) is 15.8. The van der Waals surface area contributed by atoms with Crippen LogP contribution in [-0.4, -0.2) is 12.1 Å². The monoisotopic (exact) mass is 446 g/mol. The Kier molecular flexibility index (Phi) is 13.2. The fourth-order valence-corrected chi connectivity index (χ4v) is 7.04. The number of hydrogen-bond donors (Lipinski definition) is 0.